The first-order chi connectivity index (χ1) is 5.27. The molecular formula is C5H10N2O4. The Bertz CT molecular complexity index is 128. The number of hydrogen-bond donors (Lipinski definition) is 1. The van der Waals surface area contributed by atoms with Crippen molar-refractivity contribution in [1.82, 2.24) is 5.32 Å². The lowest BCUT2D eigenvalue weighted by molar-refractivity contribution is -0.757. The zero-order valence-electron chi connectivity index (χ0n) is 5.99. The van der Waals surface area contributed by atoms with Crippen LogP contribution in [-0.2, 0) is 9.63 Å². The third kappa shape index (κ3) is 8.67. The molecule has 0 aromatic heterocycles. The largest absolute Gasteiger partial charge is 0.359 e. The van der Waals surface area contributed by atoms with E-state index in [1.807, 2.05) is 0 Å². The molecule has 0 atom stereocenters. The van der Waals surface area contributed by atoms with Crippen LogP contribution in [0.4, 0.5) is 0 Å². The van der Waals surface area contributed by atoms with Gasteiger partial charge >= 0.3 is 0 Å². The van der Waals surface area contributed by atoms with E-state index in [1.54, 1.807) is 0 Å². The summed E-state index contributed by atoms with van der Waals surface area (Å²) in [6.45, 7) is 0.623. The van der Waals surface area contributed by atoms with Crippen LogP contribution >= 0.6 is 0 Å². The first-order valence-corrected chi connectivity index (χ1v) is 3.21. The molecule has 0 aliphatic heterocycles. The number of rotatable bonds is 7. The highest BCUT2D eigenvalue weighted by molar-refractivity contribution is 5.45. The lowest BCUT2D eigenvalue weighted by Crippen LogP contribution is -2.13. The fourth-order valence-electron chi connectivity index (χ4n) is 0.527. The van der Waals surface area contributed by atoms with E-state index < -0.39 is 5.09 Å². The molecule has 11 heavy (non-hydrogen) atoms. The first-order valence-electron chi connectivity index (χ1n) is 3.21. The van der Waals surface area contributed by atoms with Gasteiger partial charge in [0.25, 0.3) is 5.09 Å². The predicted molar refractivity (Wildman–Crippen MR) is 36.2 cm³/mol. The van der Waals surface area contributed by atoms with Crippen molar-refractivity contribution in [2.75, 3.05) is 13.2 Å². The van der Waals surface area contributed by atoms with Crippen molar-refractivity contribution >= 4 is 6.41 Å². The molecule has 0 aliphatic rings. The van der Waals surface area contributed by atoms with Crippen LogP contribution in [0.15, 0.2) is 0 Å². The van der Waals surface area contributed by atoms with Crippen LogP contribution in [0.3, 0.4) is 0 Å². The van der Waals surface area contributed by atoms with Crippen molar-refractivity contribution in [2.24, 2.45) is 0 Å². The normalized spacial score (nSPS) is 8.73. The van der Waals surface area contributed by atoms with Gasteiger partial charge in [-0.1, -0.05) is 0 Å². The van der Waals surface area contributed by atoms with Crippen LogP contribution in [0.25, 0.3) is 0 Å². The van der Waals surface area contributed by atoms with Gasteiger partial charge in [-0.2, -0.15) is 0 Å². The van der Waals surface area contributed by atoms with Crippen LogP contribution in [0.5, 0.6) is 0 Å². The van der Waals surface area contributed by atoms with E-state index in [2.05, 4.69) is 10.2 Å². The van der Waals surface area contributed by atoms with Gasteiger partial charge < -0.3 is 10.2 Å². The third-order valence-electron chi connectivity index (χ3n) is 0.995. The van der Waals surface area contributed by atoms with Gasteiger partial charge in [-0.3, -0.25) is 4.79 Å². The molecule has 0 bridgehead atoms. The molecule has 1 amide bonds. The zero-order chi connectivity index (χ0) is 8.53. The van der Waals surface area contributed by atoms with Gasteiger partial charge in [0.15, 0.2) is 0 Å². The minimum atomic E-state index is -0.826. The number of nitrogens with zero attached hydrogens (tertiary/aromatic N) is 1. The van der Waals surface area contributed by atoms with E-state index in [1.165, 1.54) is 0 Å². The monoisotopic (exact) mass is 162 g/mol. The Morgan fingerprint density at radius 3 is 2.82 bits per heavy atom. The van der Waals surface area contributed by atoms with Crippen LogP contribution in [0.1, 0.15) is 12.8 Å². The highest BCUT2D eigenvalue weighted by Crippen LogP contribution is 1.87. The maximum atomic E-state index is 9.70. The van der Waals surface area contributed by atoms with E-state index in [4.69, 9.17) is 0 Å². The molecule has 0 radical (unpaired) electrons. The fraction of sp³-hybridized carbons (Fsp3) is 0.800. The van der Waals surface area contributed by atoms with Crippen molar-refractivity contribution in [1.29, 1.82) is 0 Å². The number of carbonyl (C=O) groups excluding carboxylic acids is 1. The van der Waals surface area contributed by atoms with Crippen LogP contribution in [0.2, 0.25) is 0 Å². The van der Waals surface area contributed by atoms with E-state index in [-0.39, 0.29) is 6.61 Å². The summed E-state index contributed by atoms with van der Waals surface area (Å²) < 4.78 is 0. The quantitative estimate of drug-likeness (QED) is 0.241. The summed E-state index contributed by atoms with van der Waals surface area (Å²) in [5.41, 5.74) is 0. The summed E-state index contributed by atoms with van der Waals surface area (Å²) in [7, 11) is 0. The molecule has 0 aliphatic carbocycles. The number of hydrogen-bond acceptors (Lipinski definition) is 4. The molecule has 64 valence electrons. The highest BCUT2D eigenvalue weighted by atomic mass is 16.9. The zero-order valence-corrected chi connectivity index (χ0v) is 5.99. The van der Waals surface area contributed by atoms with Gasteiger partial charge in [-0.25, -0.2) is 0 Å². The van der Waals surface area contributed by atoms with Crippen molar-refractivity contribution < 1.29 is 14.7 Å². The van der Waals surface area contributed by atoms with E-state index in [9.17, 15) is 14.9 Å². The van der Waals surface area contributed by atoms with Crippen LogP contribution in [-0.4, -0.2) is 24.6 Å². The maximum Gasteiger partial charge on any atom is 0.294 e. The summed E-state index contributed by atoms with van der Waals surface area (Å²) in [4.78, 5) is 23.3. The van der Waals surface area contributed by atoms with Crippen molar-refractivity contribution in [3.63, 3.8) is 0 Å². The molecule has 6 nitrogen and oxygen atoms in total. The molecule has 0 unspecified atom stereocenters. The second-order valence-electron chi connectivity index (χ2n) is 1.84. The van der Waals surface area contributed by atoms with Gasteiger partial charge in [0.05, 0.1) is 6.61 Å². The summed E-state index contributed by atoms with van der Waals surface area (Å²) in [5, 5.41) is 11.2. The molecule has 0 rings (SSSR count). The van der Waals surface area contributed by atoms with Gasteiger partial charge in [0, 0.05) is 6.54 Å². The third-order valence-corrected chi connectivity index (χ3v) is 0.995. The smallest absolute Gasteiger partial charge is 0.294 e. The first kappa shape index (κ1) is 9.67. The number of carbonyl (C=O) groups is 1. The van der Waals surface area contributed by atoms with Crippen molar-refractivity contribution in [3.05, 3.63) is 10.1 Å². The number of nitrogens with one attached hydrogen (secondary N) is 1. The molecule has 0 aromatic carbocycles. The van der Waals surface area contributed by atoms with Crippen LogP contribution < -0.4 is 5.32 Å². The Kier molecular flexibility index (Phi) is 5.96. The number of unbranched alkanes of at least 4 members (excludes halogenated alkanes) is 1. The Hall–Kier alpha value is -1.33. The topological polar surface area (TPSA) is 81.5 Å². The lowest BCUT2D eigenvalue weighted by Gasteiger charge is -1.97. The van der Waals surface area contributed by atoms with Crippen molar-refractivity contribution in [3.8, 4) is 0 Å². The average molecular weight is 162 g/mol. The molecule has 0 saturated carbocycles. The van der Waals surface area contributed by atoms with Crippen LogP contribution in [0, 0.1) is 10.1 Å². The maximum absolute atomic E-state index is 9.70. The van der Waals surface area contributed by atoms with Gasteiger partial charge in [0.2, 0.25) is 6.41 Å². The van der Waals surface area contributed by atoms with Gasteiger partial charge in [0.1, 0.15) is 0 Å². The van der Waals surface area contributed by atoms with E-state index in [0.717, 1.165) is 0 Å². The molecule has 0 fully saturated rings. The molecule has 0 saturated heterocycles. The summed E-state index contributed by atoms with van der Waals surface area (Å²) in [6, 6.07) is 0. The number of amides is 1. The highest BCUT2D eigenvalue weighted by Gasteiger charge is 1.92. The molecule has 0 aromatic rings. The van der Waals surface area contributed by atoms with Gasteiger partial charge in [-0.05, 0) is 12.8 Å². The van der Waals surface area contributed by atoms with Crippen molar-refractivity contribution in [2.45, 2.75) is 12.8 Å². The Balaban J connectivity index is 2.90. The lowest BCUT2D eigenvalue weighted by atomic mass is 10.3. The van der Waals surface area contributed by atoms with E-state index in [0.29, 0.717) is 25.8 Å². The second kappa shape index (κ2) is 6.79. The average Bonchev–Trinajstić information content (AvgIpc) is 1.96. The summed E-state index contributed by atoms with van der Waals surface area (Å²) >= 11 is 0. The molecular weight excluding hydrogens is 152 g/mol. The second-order valence-corrected chi connectivity index (χ2v) is 1.84. The molecule has 0 heterocycles. The molecule has 6 heteroatoms. The molecule has 1 N–H and O–H groups in total. The Morgan fingerprint density at radius 2 is 2.27 bits per heavy atom. The Morgan fingerprint density at radius 1 is 1.55 bits per heavy atom. The predicted octanol–water partition coefficient (Wildman–Crippen LogP) is -0.279. The SMILES string of the molecule is O=CNCCCCO[N+](=O)[O-]. The minimum Gasteiger partial charge on any atom is -0.359 e. The van der Waals surface area contributed by atoms with Gasteiger partial charge in [-0.15, -0.1) is 10.1 Å². The fourth-order valence-corrected chi connectivity index (χ4v) is 0.527. The van der Waals surface area contributed by atoms with E-state index >= 15 is 0 Å². The summed E-state index contributed by atoms with van der Waals surface area (Å²) in [6.07, 6.45) is 1.85. The standard InChI is InChI=1S/C5H10N2O4/c8-5-6-3-1-2-4-11-7(9)10/h5H,1-4H2,(H,6,8). The minimum absolute atomic E-state index is 0.0908. The molecule has 0 spiro atoms. The Labute approximate surface area is 63.6 Å². The summed E-state index contributed by atoms with van der Waals surface area (Å²) in [5.74, 6) is 0.